The lowest BCUT2D eigenvalue weighted by Gasteiger charge is -2.40. The van der Waals surface area contributed by atoms with E-state index in [0.29, 0.717) is 0 Å². The van der Waals surface area contributed by atoms with Gasteiger partial charge in [-0.1, -0.05) is 20.8 Å². The predicted octanol–water partition coefficient (Wildman–Crippen LogP) is 5.28. The molecule has 3 unspecified atom stereocenters. The smallest absolute Gasteiger partial charge is 0.00671 e. The molecule has 0 saturated carbocycles. The third kappa shape index (κ3) is 5.73. The van der Waals surface area contributed by atoms with Crippen LogP contribution in [0, 0.1) is 23.7 Å². The number of rotatable bonds is 7. The third-order valence-electron chi connectivity index (χ3n) is 7.20. The van der Waals surface area contributed by atoms with Crippen molar-refractivity contribution in [3.63, 3.8) is 0 Å². The van der Waals surface area contributed by atoms with Crippen molar-refractivity contribution < 1.29 is 0 Å². The minimum absolute atomic E-state index is 0.731. The van der Waals surface area contributed by atoms with Gasteiger partial charge in [-0.3, -0.25) is 0 Å². The van der Waals surface area contributed by atoms with Gasteiger partial charge in [0.2, 0.25) is 0 Å². The van der Waals surface area contributed by atoms with Crippen LogP contribution in [-0.4, -0.2) is 48.1 Å². The second-order valence-electron chi connectivity index (χ2n) is 9.51. The highest BCUT2D eigenvalue weighted by Crippen LogP contribution is 2.31. The molecule has 0 aromatic carbocycles. The second-order valence-corrected chi connectivity index (χ2v) is 9.51. The van der Waals surface area contributed by atoms with Gasteiger partial charge in [0.25, 0.3) is 0 Å². The summed E-state index contributed by atoms with van der Waals surface area (Å²) in [6.07, 6.45) is 8.54. The van der Waals surface area contributed by atoms with Crippen molar-refractivity contribution in [2.75, 3.05) is 26.2 Å². The summed E-state index contributed by atoms with van der Waals surface area (Å²) in [4.78, 5) is 5.45. The van der Waals surface area contributed by atoms with Gasteiger partial charge in [-0.05, 0) is 103 Å². The first-order valence-corrected chi connectivity index (χ1v) is 10.9. The summed E-state index contributed by atoms with van der Waals surface area (Å²) >= 11 is 0. The molecule has 0 radical (unpaired) electrons. The molecule has 0 amide bonds. The maximum absolute atomic E-state index is 2.79. The van der Waals surface area contributed by atoms with Crippen molar-refractivity contribution in [2.24, 2.45) is 23.7 Å². The van der Waals surface area contributed by atoms with Crippen LogP contribution in [-0.2, 0) is 0 Å². The normalized spacial score (nSPS) is 27.8. The molecule has 0 aliphatic carbocycles. The fourth-order valence-corrected chi connectivity index (χ4v) is 4.91. The van der Waals surface area contributed by atoms with Crippen molar-refractivity contribution in [2.45, 2.75) is 92.2 Å². The molecule has 2 saturated heterocycles. The molecule has 0 aromatic heterocycles. The van der Waals surface area contributed by atoms with E-state index in [1.54, 1.807) is 0 Å². The molecule has 2 heterocycles. The molecule has 0 bridgehead atoms. The average molecular weight is 337 g/mol. The maximum atomic E-state index is 2.79. The Morgan fingerprint density at radius 2 is 1.42 bits per heavy atom. The molecule has 0 spiro atoms. The zero-order chi connectivity index (χ0) is 17.7. The Bertz CT molecular complexity index is 344. The maximum Gasteiger partial charge on any atom is 0.00671 e. The van der Waals surface area contributed by atoms with E-state index in [9.17, 15) is 0 Å². The first-order valence-electron chi connectivity index (χ1n) is 10.9. The van der Waals surface area contributed by atoms with Gasteiger partial charge in [0.05, 0.1) is 0 Å². The highest BCUT2D eigenvalue weighted by molar-refractivity contribution is 4.81. The molecule has 2 nitrogen and oxygen atoms in total. The van der Waals surface area contributed by atoms with Gasteiger partial charge in [0.1, 0.15) is 0 Å². The minimum Gasteiger partial charge on any atom is -0.301 e. The van der Waals surface area contributed by atoms with Crippen molar-refractivity contribution in [3.8, 4) is 0 Å². The lowest BCUT2D eigenvalue weighted by molar-refractivity contribution is 0.0922. The van der Waals surface area contributed by atoms with Gasteiger partial charge in [0, 0.05) is 18.6 Å². The number of nitrogens with zero attached hydrogens (tertiary/aromatic N) is 2. The van der Waals surface area contributed by atoms with E-state index in [2.05, 4.69) is 51.3 Å². The monoisotopic (exact) mass is 336 g/mol. The molecule has 3 atom stereocenters. The van der Waals surface area contributed by atoms with Crippen LogP contribution in [0.25, 0.3) is 0 Å². The van der Waals surface area contributed by atoms with Gasteiger partial charge in [-0.25, -0.2) is 0 Å². The Kier molecular flexibility index (Phi) is 8.07. The molecular weight excluding hydrogens is 292 g/mol. The largest absolute Gasteiger partial charge is 0.301 e. The Morgan fingerprint density at radius 3 is 2.00 bits per heavy atom. The van der Waals surface area contributed by atoms with Crippen molar-refractivity contribution in [3.05, 3.63) is 0 Å². The van der Waals surface area contributed by atoms with E-state index >= 15 is 0 Å². The number of hydrogen-bond donors (Lipinski definition) is 0. The van der Waals surface area contributed by atoms with Crippen LogP contribution in [0.5, 0.6) is 0 Å². The molecule has 2 rings (SSSR count). The third-order valence-corrected chi connectivity index (χ3v) is 7.20. The quantitative estimate of drug-likeness (QED) is 0.624. The van der Waals surface area contributed by atoms with Crippen LogP contribution in [0.2, 0.25) is 0 Å². The van der Waals surface area contributed by atoms with Crippen molar-refractivity contribution >= 4 is 0 Å². The van der Waals surface area contributed by atoms with Gasteiger partial charge < -0.3 is 9.80 Å². The van der Waals surface area contributed by atoms with Gasteiger partial charge in [-0.2, -0.15) is 0 Å². The summed E-state index contributed by atoms with van der Waals surface area (Å²) in [7, 11) is 0. The molecule has 2 aliphatic rings. The van der Waals surface area contributed by atoms with E-state index in [1.165, 1.54) is 64.7 Å². The van der Waals surface area contributed by atoms with Gasteiger partial charge in [-0.15, -0.1) is 0 Å². The minimum atomic E-state index is 0.731. The first kappa shape index (κ1) is 20.2. The van der Waals surface area contributed by atoms with Crippen LogP contribution in [0.1, 0.15) is 80.1 Å². The standard InChI is InChI=1S/C22H44N2/c1-17(2)22-8-7-13-24(16-22)20(6)10-9-19(5)21-11-14-23(15-12-21)18(3)4/h17-22H,7-16H2,1-6H3. The van der Waals surface area contributed by atoms with E-state index < -0.39 is 0 Å². The summed E-state index contributed by atoms with van der Waals surface area (Å²) in [5, 5.41) is 0. The van der Waals surface area contributed by atoms with Gasteiger partial charge >= 0.3 is 0 Å². The zero-order valence-electron chi connectivity index (χ0n) is 17.4. The lowest BCUT2D eigenvalue weighted by atomic mass is 9.81. The van der Waals surface area contributed by atoms with Crippen LogP contribution in [0.15, 0.2) is 0 Å². The molecule has 0 N–H and O–H groups in total. The van der Waals surface area contributed by atoms with E-state index in [4.69, 9.17) is 0 Å². The van der Waals surface area contributed by atoms with Crippen molar-refractivity contribution in [1.82, 2.24) is 9.80 Å². The van der Waals surface area contributed by atoms with Crippen molar-refractivity contribution in [1.29, 1.82) is 0 Å². The summed E-state index contributed by atoms with van der Waals surface area (Å²) < 4.78 is 0. The average Bonchev–Trinajstić information content (AvgIpc) is 2.59. The molecule has 142 valence electrons. The van der Waals surface area contributed by atoms with E-state index in [1.807, 2.05) is 0 Å². The number of hydrogen-bond acceptors (Lipinski definition) is 2. The summed E-state index contributed by atoms with van der Waals surface area (Å²) in [5.41, 5.74) is 0. The van der Waals surface area contributed by atoms with E-state index in [0.717, 1.165) is 35.8 Å². The molecule has 0 aromatic rings. The fourth-order valence-electron chi connectivity index (χ4n) is 4.91. The predicted molar refractivity (Wildman–Crippen MR) is 106 cm³/mol. The van der Waals surface area contributed by atoms with Crippen LogP contribution in [0.4, 0.5) is 0 Å². The summed E-state index contributed by atoms with van der Waals surface area (Å²) in [6.45, 7) is 19.8. The van der Waals surface area contributed by atoms with Crippen LogP contribution < -0.4 is 0 Å². The lowest BCUT2D eigenvalue weighted by Crippen LogP contribution is -2.43. The van der Waals surface area contributed by atoms with Crippen LogP contribution >= 0.6 is 0 Å². The number of piperidine rings is 2. The number of likely N-dealkylation sites (tertiary alicyclic amines) is 2. The fraction of sp³-hybridized carbons (Fsp3) is 1.00. The Balaban J connectivity index is 1.70. The Labute approximate surface area is 152 Å². The second kappa shape index (κ2) is 9.57. The molecule has 2 aliphatic heterocycles. The van der Waals surface area contributed by atoms with Gasteiger partial charge in [0.15, 0.2) is 0 Å². The topological polar surface area (TPSA) is 6.48 Å². The molecular formula is C22H44N2. The zero-order valence-corrected chi connectivity index (χ0v) is 17.4. The highest BCUT2D eigenvalue weighted by atomic mass is 15.2. The summed E-state index contributed by atoms with van der Waals surface area (Å²) in [6, 6.07) is 1.51. The van der Waals surface area contributed by atoms with E-state index in [-0.39, 0.29) is 0 Å². The molecule has 2 fully saturated rings. The molecule has 2 heteroatoms. The Hall–Kier alpha value is -0.0800. The SMILES string of the molecule is CC(C)C1CCCN(C(C)CCC(C)C2CCN(C(C)C)CC2)C1. The molecule has 24 heavy (non-hydrogen) atoms. The van der Waals surface area contributed by atoms with Crippen LogP contribution in [0.3, 0.4) is 0 Å². The summed E-state index contributed by atoms with van der Waals surface area (Å²) in [5.74, 6) is 3.66. The highest BCUT2D eigenvalue weighted by Gasteiger charge is 2.28. The Morgan fingerprint density at radius 1 is 0.750 bits per heavy atom. The first-order chi connectivity index (χ1) is 11.4.